The van der Waals surface area contributed by atoms with Crippen molar-refractivity contribution in [2.45, 2.75) is 36.1 Å². The van der Waals surface area contributed by atoms with Crippen LogP contribution in [0.5, 0.6) is 0 Å². The van der Waals surface area contributed by atoms with E-state index in [1.54, 1.807) is 0 Å². The van der Waals surface area contributed by atoms with E-state index in [0.29, 0.717) is 0 Å². The zero-order valence-electron chi connectivity index (χ0n) is 22.9. The maximum Gasteiger partial charge on any atom is 1.00 e. The smallest absolute Gasteiger partial charge is 0.550 e. The maximum absolute atomic E-state index is 10.4. The molecule has 0 aliphatic carbocycles. The Hall–Kier alpha value is -1.89. The topological polar surface area (TPSA) is 372 Å². The molecule has 0 unspecified atom stereocenters. The summed E-state index contributed by atoms with van der Waals surface area (Å²) in [6.07, 6.45) is -3.73. The van der Waals surface area contributed by atoms with E-state index < -0.39 is 89.8 Å². The number of methoxy groups -OCH3 is 3. The summed E-state index contributed by atoms with van der Waals surface area (Å²) >= 11 is 0. The first-order valence-electron chi connectivity index (χ1n) is 9.25. The molecule has 0 aliphatic heterocycles. The maximum atomic E-state index is 10.4. The van der Waals surface area contributed by atoms with Gasteiger partial charge in [-0.25, -0.2) is 28.8 Å². The molecule has 0 saturated heterocycles. The monoisotopic (exact) mass is 642 g/mol. The zero-order chi connectivity index (χ0) is 31.9. The summed E-state index contributed by atoms with van der Waals surface area (Å²) in [5.41, 5.74) is -8.30. The molecule has 0 aromatic heterocycles. The molecule has 0 aromatic carbocycles. The molecule has 24 heteroatoms. The molecule has 0 fully saturated rings. The van der Waals surface area contributed by atoms with Gasteiger partial charge in [0.05, 0.1) is 0 Å². The van der Waals surface area contributed by atoms with E-state index in [0.717, 1.165) is 21.3 Å². The predicted molar refractivity (Wildman–Crippen MR) is 104 cm³/mol. The first kappa shape index (κ1) is 52.7. The van der Waals surface area contributed by atoms with Crippen LogP contribution in [-0.4, -0.2) is 122 Å². The van der Waals surface area contributed by atoms with E-state index in [2.05, 4.69) is 14.2 Å². The number of carbonyl (C=O) groups is 9. The number of aliphatic carboxylic acids is 9. The molecule has 21 nitrogen and oxygen atoms in total. The molecule has 0 rings (SSSR count). The minimum atomic E-state index is -2.77. The van der Waals surface area contributed by atoms with Crippen LogP contribution in [0.15, 0.2) is 0 Å². The Labute approximate surface area is 300 Å². The van der Waals surface area contributed by atoms with Crippen LogP contribution in [0.25, 0.3) is 0 Å². The molecule has 0 atom stereocenters. The molecule has 42 heavy (non-hydrogen) atoms. The molecule has 0 saturated carbocycles. The Balaban J connectivity index is -0.000000112. The third-order valence-corrected chi connectivity index (χ3v) is 4.30. The van der Waals surface area contributed by atoms with Gasteiger partial charge in [-0.2, -0.15) is 0 Å². The van der Waals surface area contributed by atoms with Gasteiger partial charge in [-0.15, -0.1) is 0 Å². The van der Waals surface area contributed by atoms with Crippen LogP contribution in [-0.2, 0) is 57.4 Å². The van der Waals surface area contributed by atoms with Crippen LogP contribution in [0, 0.1) is 0 Å². The number of carboxylic acids is 9. The van der Waals surface area contributed by atoms with Gasteiger partial charge >= 0.3 is 124 Å². The van der Waals surface area contributed by atoms with E-state index in [4.69, 9.17) is 30.6 Å². The van der Waals surface area contributed by atoms with Gasteiger partial charge in [0.15, 0.2) is 0 Å². The number of carbonyl (C=O) groups excluding carboxylic acids is 3. The van der Waals surface area contributed by atoms with Crippen LogP contribution >= 0.6 is 0 Å². The number of hydrogen-bond acceptors (Lipinski definition) is 15. The van der Waals surface area contributed by atoms with E-state index in [1.165, 1.54) is 0 Å². The Morgan fingerprint density at radius 1 is 0.429 bits per heavy atom. The minimum Gasteiger partial charge on any atom is -0.550 e. The molecule has 0 aliphatic rings. The van der Waals surface area contributed by atoms with Crippen LogP contribution in [0.1, 0.15) is 19.3 Å². The first-order valence-corrected chi connectivity index (χ1v) is 9.25. The van der Waals surface area contributed by atoms with Gasteiger partial charge in [-0.1, -0.05) is 0 Å². The normalized spacial score (nSPS) is 10.1. The first-order chi connectivity index (χ1) is 17.6. The van der Waals surface area contributed by atoms with E-state index >= 15 is 0 Å². The summed E-state index contributed by atoms with van der Waals surface area (Å²) in [6, 6.07) is 0. The van der Waals surface area contributed by atoms with Crippen molar-refractivity contribution in [2.24, 2.45) is 0 Å². The summed E-state index contributed by atoms with van der Waals surface area (Å²) in [5, 5.41) is 80.9. The van der Waals surface area contributed by atoms with Gasteiger partial charge in [0.25, 0.3) is 16.8 Å². The Bertz CT molecular complexity index is 827. The van der Waals surface area contributed by atoms with Gasteiger partial charge in [-0.3, -0.25) is 0 Å². The summed E-state index contributed by atoms with van der Waals surface area (Å²) in [4.78, 5) is 92.8. The summed E-state index contributed by atoms with van der Waals surface area (Å²) in [6.45, 7) is 0. The average molecular weight is 642 g/mol. The van der Waals surface area contributed by atoms with Crippen molar-refractivity contribution in [1.29, 1.82) is 0 Å². The van der Waals surface area contributed by atoms with Gasteiger partial charge in [0, 0.05) is 58.5 Å². The largest absolute Gasteiger partial charge is 1.00 e. The number of rotatable bonds is 15. The summed E-state index contributed by atoms with van der Waals surface area (Å²) < 4.78 is 12.5. The SMILES string of the molecule is COC(CC(=O)[O-])(C(=O)O)C(=O)O.COC(CC(=O)[O-])(C(=O)O)C(=O)O.COC(CC(=O)[O-])(C(=O)O)C(=O)O.[Na+].[Na+].[Na+]. The Morgan fingerprint density at radius 3 is 0.571 bits per heavy atom. The van der Waals surface area contributed by atoms with Gasteiger partial charge in [0.2, 0.25) is 0 Å². The number of carboxylic acid groups (broad SMARTS) is 9. The molecule has 0 heterocycles. The van der Waals surface area contributed by atoms with Crippen molar-refractivity contribution in [3.8, 4) is 0 Å². The quantitative estimate of drug-likeness (QED) is 0.0713. The van der Waals surface area contributed by atoms with Crippen molar-refractivity contribution in [1.82, 2.24) is 0 Å². The third-order valence-electron chi connectivity index (χ3n) is 4.30. The molecule has 222 valence electrons. The fourth-order valence-corrected chi connectivity index (χ4v) is 2.08. The van der Waals surface area contributed by atoms with Crippen molar-refractivity contribution < 1.29 is 192 Å². The molecule has 6 N–H and O–H groups in total. The fourth-order valence-electron chi connectivity index (χ4n) is 2.08. The van der Waals surface area contributed by atoms with Crippen molar-refractivity contribution in [3.05, 3.63) is 0 Å². The van der Waals surface area contributed by atoms with Crippen LogP contribution in [0.4, 0.5) is 0 Å². The summed E-state index contributed by atoms with van der Waals surface area (Å²) in [5.74, 6) is -16.7. The van der Waals surface area contributed by atoms with E-state index in [-0.39, 0.29) is 88.7 Å². The van der Waals surface area contributed by atoms with Crippen molar-refractivity contribution in [2.75, 3.05) is 21.3 Å². The second kappa shape index (κ2) is 23.6. The second-order valence-electron chi connectivity index (χ2n) is 6.57. The molecule has 0 spiro atoms. The predicted octanol–water partition coefficient (Wildman–Crippen LogP) is -15.9. The van der Waals surface area contributed by atoms with Gasteiger partial charge in [-0.05, 0) is 0 Å². The number of hydrogen-bond donors (Lipinski definition) is 6. The van der Waals surface area contributed by atoms with Crippen LogP contribution in [0.3, 0.4) is 0 Å². The Morgan fingerprint density at radius 2 is 0.548 bits per heavy atom. The van der Waals surface area contributed by atoms with Crippen LogP contribution < -0.4 is 104 Å². The van der Waals surface area contributed by atoms with Crippen molar-refractivity contribution in [3.63, 3.8) is 0 Å². The average Bonchev–Trinajstić information content (AvgIpc) is 2.78. The van der Waals surface area contributed by atoms with E-state index in [1.807, 2.05) is 0 Å². The molecule has 0 radical (unpaired) electrons. The molecule has 0 bridgehead atoms. The second-order valence-corrected chi connectivity index (χ2v) is 6.57. The fraction of sp³-hybridized carbons (Fsp3) is 0.500. The Kier molecular flexibility index (Phi) is 29.6. The van der Waals surface area contributed by atoms with Gasteiger partial charge < -0.3 is 74.6 Å². The third kappa shape index (κ3) is 15.5. The van der Waals surface area contributed by atoms with Crippen molar-refractivity contribution >= 4 is 53.7 Å². The van der Waals surface area contributed by atoms with Crippen LogP contribution in [0.2, 0.25) is 0 Å². The van der Waals surface area contributed by atoms with Gasteiger partial charge in [0.1, 0.15) is 0 Å². The minimum absolute atomic E-state index is 0. The molecular weight excluding hydrogens is 621 g/mol. The summed E-state index contributed by atoms with van der Waals surface area (Å²) in [7, 11) is 2.39. The number of ether oxygens (including phenoxy) is 3. The molecule has 0 aromatic rings. The molecular formula is C18H21Na3O21. The molecule has 0 amide bonds. The van der Waals surface area contributed by atoms with E-state index in [9.17, 15) is 58.5 Å². The standard InChI is InChI=1S/3C6H8O7.3Na/c3*1-13-6(4(9)10,5(11)12)2-3(7)8;;;/h3*2H2,1H3,(H,7,8)(H,9,10)(H,11,12);;;/q;;;3*+1/p-3. The zero-order valence-corrected chi connectivity index (χ0v) is 28.9.